The SMILES string of the molecule is COC/C(OP1OCCO1)=C(/c1ccccc1)P(c1ccccc1)c1ccccc1. The Labute approximate surface area is 180 Å². The van der Waals surface area contributed by atoms with Crippen LogP contribution < -0.4 is 10.6 Å². The number of benzene rings is 3. The molecule has 154 valence electrons. The van der Waals surface area contributed by atoms with Gasteiger partial charge in [0.25, 0.3) is 0 Å². The summed E-state index contributed by atoms with van der Waals surface area (Å²) in [6, 6.07) is 31.5. The molecule has 1 saturated heterocycles. The third-order valence-electron chi connectivity index (χ3n) is 4.50. The summed E-state index contributed by atoms with van der Waals surface area (Å²) in [6.07, 6.45) is 0. The highest BCUT2D eigenvalue weighted by Crippen LogP contribution is 2.54. The summed E-state index contributed by atoms with van der Waals surface area (Å²) in [5.74, 6) is 0.760. The van der Waals surface area contributed by atoms with Crippen molar-refractivity contribution in [3.8, 4) is 0 Å². The Bertz CT molecular complexity index is 903. The molecule has 1 heterocycles. The first-order valence-electron chi connectivity index (χ1n) is 9.78. The van der Waals surface area contributed by atoms with E-state index in [2.05, 4.69) is 72.8 Å². The molecule has 30 heavy (non-hydrogen) atoms. The molecule has 6 heteroatoms. The van der Waals surface area contributed by atoms with Crippen LogP contribution in [-0.2, 0) is 18.3 Å². The Hall–Kier alpha value is -2.06. The lowest BCUT2D eigenvalue weighted by atomic mass is 10.2. The van der Waals surface area contributed by atoms with E-state index in [9.17, 15) is 0 Å². The minimum Gasteiger partial charge on any atom is -0.428 e. The number of methoxy groups -OCH3 is 1. The largest absolute Gasteiger partial charge is 0.428 e. The van der Waals surface area contributed by atoms with E-state index in [1.807, 2.05) is 18.2 Å². The molecule has 1 aliphatic rings. The molecule has 0 radical (unpaired) electrons. The molecule has 0 unspecified atom stereocenters. The maximum Gasteiger partial charge on any atom is 0.397 e. The number of hydrogen-bond acceptors (Lipinski definition) is 4. The van der Waals surface area contributed by atoms with Gasteiger partial charge in [-0.3, -0.25) is 0 Å². The average molecular weight is 438 g/mol. The lowest BCUT2D eigenvalue weighted by Gasteiger charge is -2.26. The summed E-state index contributed by atoms with van der Waals surface area (Å²) in [7, 11) is -0.613. The van der Waals surface area contributed by atoms with E-state index in [4.69, 9.17) is 18.3 Å². The third-order valence-corrected chi connectivity index (χ3v) is 8.24. The van der Waals surface area contributed by atoms with E-state index in [-0.39, 0.29) is 0 Å². The molecule has 0 bridgehead atoms. The maximum atomic E-state index is 6.28. The summed E-state index contributed by atoms with van der Waals surface area (Å²) in [5, 5.41) is 3.61. The highest BCUT2D eigenvalue weighted by molar-refractivity contribution is 7.82. The monoisotopic (exact) mass is 438 g/mol. The van der Waals surface area contributed by atoms with Gasteiger partial charge < -0.3 is 18.3 Å². The first kappa shape index (κ1) is 21.2. The van der Waals surface area contributed by atoms with Crippen LogP contribution in [0.4, 0.5) is 0 Å². The van der Waals surface area contributed by atoms with E-state index in [1.54, 1.807) is 7.11 Å². The summed E-state index contributed by atoms with van der Waals surface area (Å²) < 4.78 is 23.1. The van der Waals surface area contributed by atoms with E-state index in [1.165, 1.54) is 10.6 Å². The predicted molar refractivity (Wildman–Crippen MR) is 124 cm³/mol. The fourth-order valence-corrected chi connectivity index (χ4v) is 6.79. The molecular formula is C24H24O4P2. The van der Waals surface area contributed by atoms with Gasteiger partial charge >= 0.3 is 8.60 Å². The van der Waals surface area contributed by atoms with Crippen LogP contribution >= 0.6 is 16.5 Å². The van der Waals surface area contributed by atoms with Crippen molar-refractivity contribution in [2.24, 2.45) is 0 Å². The zero-order chi connectivity index (χ0) is 20.6. The van der Waals surface area contributed by atoms with Crippen molar-refractivity contribution in [3.05, 3.63) is 102 Å². The average Bonchev–Trinajstić information content (AvgIpc) is 3.32. The van der Waals surface area contributed by atoms with E-state index in [0.29, 0.717) is 19.8 Å². The quantitative estimate of drug-likeness (QED) is 0.348. The lowest BCUT2D eigenvalue weighted by molar-refractivity contribution is 0.181. The van der Waals surface area contributed by atoms with Crippen molar-refractivity contribution >= 4 is 32.4 Å². The summed E-state index contributed by atoms with van der Waals surface area (Å²) in [6.45, 7) is 1.45. The maximum absolute atomic E-state index is 6.28. The van der Waals surface area contributed by atoms with Gasteiger partial charge in [-0.25, -0.2) is 0 Å². The highest BCUT2D eigenvalue weighted by atomic mass is 31.2. The highest BCUT2D eigenvalue weighted by Gasteiger charge is 2.29. The zero-order valence-electron chi connectivity index (χ0n) is 16.8. The topological polar surface area (TPSA) is 36.9 Å². The van der Waals surface area contributed by atoms with Crippen LogP contribution in [0.25, 0.3) is 5.31 Å². The molecule has 4 nitrogen and oxygen atoms in total. The molecule has 4 rings (SSSR count). The minimum atomic E-state index is -1.41. The summed E-state index contributed by atoms with van der Waals surface area (Å²) in [4.78, 5) is 0. The molecule has 0 aromatic heterocycles. The van der Waals surface area contributed by atoms with Gasteiger partial charge in [-0.05, 0) is 24.1 Å². The van der Waals surface area contributed by atoms with Crippen LogP contribution in [0, 0.1) is 0 Å². The fourth-order valence-electron chi connectivity index (χ4n) is 3.24. The van der Waals surface area contributed by atoms with Crippen LogP contribution in [0.1, 0.15) is 5.56 Å². The molecule has 3 aromatic rings. The Morgan fingerprint density at radius 1 is 0.800 bits per heavy atom. The van der Waals surface area contributed by atoms with Crippen molar-refractivity contribution in [3.63, 3.8) is 0 Å². The van der Waals surface area contributed by atoms with Crippen LogP contribution in [0.5, 0.6) is 0 Å². The Kier molecular flexibility index (Phi) is 7.64. The molecule has 0 spiro atoms. The van der Waals surface area contributed by atoms with Crippen molar-refractivity contribution in [2.75, 3.05) is 26.9 Å². The molecule has 0 atom stereocenters. The van der Waals surface area contributed by atoms with Gasteiger partial charge in [-0.2, -0.15) is 0 Å². The van der Waals surface area contributed by atoms with Gasteiger partial charge in [0.15, 0.2) is 0 Å². The first-order chi connectivity index (χ1) is 14.9. The molecular weight excluding hydrogens is 414 g/mol. The van der Waals surface area contributed by atoms with Crippen molar-refractivity contribution in [1.82, 2.24) is 0 Å². The molecule has 0 amide bonds. The normalized spacial score (nSPS) is 15.3. The fraction of sp³-hybridized carbons (Fsp3) is 0.167. The zero-order valence-corrected chi connectivity index (χ0v) is 18.6. The standard InChI is InChI=1S/C24H24O4P2/c1-25-19-23(28-30-26-17-18-27-30)24(20-11-5-2-6-12-20)29(21-13-7-3-8-14-21)22-15-9-4-10-16-22/h2-16H,17-19H2,1H3/b24-23+. The molecule has 0 N–H and O–H groups in total. The number of ether oxygens (including phenoxy) is 1. The summed E-state index contributed by atoms with van der Waals surface area (Å²) in [5.41, 5.74) is 1.11. The summed E-state index contributed by atoms with van der Waals surface area (Å²) >= 11 is 0. The second-order valence-corrected chi connectivity index (χ2v) is 9.86. The van der Waals surface area contributed by atoms with Gasteiger partial charge in [-0.15, -0.1) is 0 Å². The van der Waals surface area contributed by atoms with Crippen molar-refractivity contribution in [2.45, 2.75) is 0 Å². The smallest absolute Gasteiger partial charge is 0.397 e. The second-order valence-electron chi connectivity index (χ2n) is 6.56. The Morgan fingerprint density at radius 2 is 1.30 bits per heavy atom. The first-order valence-corrected chi connectivity index (χ1v) is 12.2. The Balaban J connectivity index is 1.91. The van der Waals surface area contributed by atoms with Gasteiger partial charge in [0, 0.05) is 12.4 Å². The van der Waals surface area contributed by atoms with Gasteiger partial charge in [-0.1, -0.05) is 91.0 Å². The molecule has 1 aliphatic heterocycles. The van der Waals surface area contributed by atoms with Crippen LogP contribution in [0.2, 0.25) is 0 Å². The van der Waals surface area contributed by atoms with Gasteiger partial charge in [0.2, 0.25) is 0 Å². The number of rotatable bonds is 8. The molecule has 1 fully saturated rings. The second kappa shape index (κ2) is 10.8. The minimum absolute atomic E-state index is 0.342. The third kappa shape index (κ3) is 5.16. The lowest BCUT2D eigenvalue weighted by Crippen LogP contribution is -2.15. The van der Waals surface area contributed by atoms with E-state index in [0.717, 1.165) is 16.6 Å². The number of hydrogen-bond donors (Lipinski definition) is 0. The van der Waals surface area contributed by atoms with Crippen LogP contribution in [-0.4, -0.2) is 26.9 Å². The van der Waals surface area contributed by atoms with E-state index >= 15 is 0 Å². The Morgan fingerprint density at radius 3 is 1.80 bits per heavy atom. The molecule has 3 aromatic carbocycles. The predicted octanol–water partition coefficient (Wildman–Crippen LogP) is 5.42. The van der Waals surface area contributed by atoms with Gasteiger partial charge in [0.05, 0.1) is 13.2 Å². The van der Waals surface area contributed by atoms with E-state index < -0.39 is 16.5 Å². The van der Waals surface area contributed by atoms with Crippen molar-refractivity contribution < 1.29 is 18.3 Å². The molecule has 0 saturated carbocycles. The van der Waals surface area contributed by atoms with Crippen LogP contribution in [0.15, 0.2) is 96.8 Å². The van der Waals surface area contributed by atoms with Gasteiger partial charge in [0.1, 0.15) is 12.4 Å². The molecule has 0 aliphatic carbocycles. The van der Waals surface area contributed by atoms with Crippen molar-refractivity contribution in [1.29, 1.82) is 0 Å². The van der Waals surface area contributed by atoms with Crippen LogP contribution in [0.3, 0.4) is 0 Å².